The molecule has 0 spiro atoms. The molecular formula is C22H30N4O6. The van der Waals surface area contributed by atoms with E-state index in [9.17, 15) is 19.7 Å². The van der Waals surface area contributed by atoms with Gasteiger partial charge in [0.2, 0.25) is 6.33 Å². The molecule has 1 fully saturated rings. The fourth-order valence-electron chi connectivity index (χ4n) is 4.69. The van der Waals surface area contributed by atoms with Gasteiger partial charge in [0.1, 0.15) is 5.69 Å². The summed E-state index contributed by atoms with van der Waals surface area (Å²) in [6.45, 7) is 3.61. The highest BCUT2D eigenvalue weighted by atomic mass is 16.6. The monoisotopic (exact) mass is 446 g/mol. The Morgan fingerprint density at radius 1 is 1.19 bits per heavy atom. The van der Waals surface area contributed by atoms with Crippen LogP contribution in [0.2, 0.25) is 0 Å². The van der Waals surface area contributed by atoms with Crippen molar-refractivity contribution >= 4 is 17.8 Å². The number of aryl methyl sites for hydroxylation is 1. The lowest BCUT2D eigenvalue weighted by molar-refractivity contribution is -0.390. The number of rotatable bonds is 7. The Hall–Kier alpha value is -3.17. The van der Waals surface area contributed by atoms with Crippen molar-refractivity contribution in [3.63, 3.8) is 0 Å². The molecule has 1 aliphatic heterocycles. The standard InChI is InChI=1S/C22H30N4O6/c1-13-16(21(27)31-4)18(19-20(26(29)30)23-12-25(19)3)17(14(2)24-13)22(28)32-11-10-15-8-6-5-7-9-15/h12,15,18,24H,5-11H2,1-4H3. The molecule has 1 aromatic rings. The molecular weight excluding hydrogens is 416 g/mol. The number of ether oxygens (including phenoxy) is 2. The van der Waals surface area contributed by atoms with E-state index < -0.39 is 28.6 Å². The number of carbonyl (C=O) groups is 2. The summed E-state index contributed by atoms with van der Waals surface area (Å²) in [6.07, 6.45) is 8.00. The summed E-state index contributed by atoms with van der Waals surface area (Å²) in [5, 5.41) is 14.7. The first-order valence-electron chi connectivity index (χ1n) is 10.9. The number of dihydropyridines is 1. The van der Waals surface area contributed by atoms with Crippen LogP contribution in [0.15, 0.2) is 28.9 Å². The van der Waals surface area contributed by atoms with Gasteiger partial charge in [0.25, 0.3) is 0 Å². The first-order chi connectivity index (χ1) is 15.3. The fraction of sp³-hybridized carbons (Fsp3) is 0.591. The molecule has 10 nitrogen and oxygen atoms in total. The summed E-state index contributed by atoms with van der Waals surface area (Å²) < 4.78 is 12.0. The second kappa shape index (κ2) is 9.97. The highest BCUT2D eigenvalue weighted by Crippen LogP contribution is 2.42. The molecule has 1 aliphatic carbocycles. The van der Waals surface area contributed by atoms with Crippen molar-refractivity contribution in [1.29, 1.82) is 0 Å². The van der Waals surface area contributed by atoms with Crippen LogP contribution in [0.5, 0.6) is 0 Å². The van der Waals surface area contributed by atoms with Crippen molar-refractivity contribution in [2.75, 3.05) is 13.7 Å². The first kappa shape index (κ1) is 23.5. The second-order valence-corrected chi connectivity index (χ2v) is 8.38. The zero-order valence-electron chi connectivity index (χ0n) is 19.0. The van der Waals surface area contributed by atoms with Crippen LogP contribution < -0.4 is 5.32 Å². The Bertz CT molecular complexity index is 971. The molecule has 10 heteroatoms. The number of nitro groups is 1. The minimum absolute atomic E-state index is 0.115. The van der Waals surface area contributed by atoms with Gasteiger partial charge in [0.05, 0.1) is 30.8 Å². The summed E-state index contributed by atoms with van der Waals surface area (Å²) in [4.78, 5) is 40.8. The van der Waals surface area contributed by atoms with Crippen LogP contribution in [-0.4, -0.2) is 40.1 Å². The quantitative estimate of drug-likeness (QED) is 0.384. The van der Waals surface area contributed by atoms with Gasteiger partial charge in [0.15, 0.2) is 0 Å². The van der Waals surface area contributed by atoms with E-state index in [0.29, 0.717) is 17.3 Å². The number of methoxy groups -OCH3 is 1. The topological polar surface area (TPSA) is 126 Å². The van der Waals surface area contributed by atoms with Crippen LogP contribution >= 0.6 is 0 Å². The molecule has 0 amide bonds. The number of nitrogens with zero attached hydrogens (tertiary/aromatic N) is 3. The molecule has 3 rings (SSSR count). The molecule has 0 radical (unpaired) electrons. The maximum atomic E-state index is 13.2. The van der Waals surface area contributed by atoms with Crippen molar-refractivity contribution in [3.05, 3.63) is 44.7 Å². The summed E-state index contributed by atoms with van der Waals surface area (Å²) in [5.74, 6) is -2.22. The van der Waals surface area contributed by atoms with Crippen molar-refractivity contribution < 1.29 is 24.0 Å². The smallest absolute Gasteiger partial charge is 0.385 e. The molecule has 1 atom stereocenters. The first-order valence-corrected chi connectivity index (χ1v) is 10.9. The van der Waals surface area contributed by atoms with Crippen molar-refractivity contribution in [2.24, 2.45) is 13.0 Å². The molecule has 1 aromatic heterocycles. The van der Waals surface area contributed by atoms with Gasteiger partial charge < -0.3 is 29.5 Å². The van der Waals surface area contributed by atoms with E-state index in [1.165, 1.54) is 37.3 Å². The normalized spacial score (nSPS) is 19.6. The Kier molecular flexibility index (Phi) is 7.32. The van der Waals surface area contributed by atoms with E-state index in [1.54, 1.807) is 20.9 Å². The number of esters is 2. The molecule has 0 aromatic carbocycles. The maximum Gasteiger partial charge on any atom is 0.385 e. The van der Waals surface area contributed by atoms with Gasteiger partial charge >= 0.3 is 17.8 Å². The molecule has 1 unspecified atom stereocenters. The Labute approximate surface area is 186 Å². The lowest BCUT2D eigenvalue weighted by Crippen LogP contribution is -2.33. The van der Waals surface area contributed by atoms with Crippen molar-refractivity contribution in [3.8, 4) is 0 Å². The van der Waals surface area contributed by atoms with E-state index in [0.717, 1.165) is 19.3 Å². The zero-order chi connectivity index (χ0) is 23.4. The molecule has 32 heavy (non-hydrogen) atoms. The molecule has 2 aliphatic rings. The Balaban J connectivity index is 1.96. The Morgan fingerprint density at radius 2 is 1.81 bits per heavy atom. The van der Waals surface area contributed by atoms with Gasteiger partial charge in [-0.3, -0.25) is 0 Å². The summed E-state index contributed by atoms with van der Waals surface area (Å²) in [6, 6.07) is 0. The van der Waals surface area contributed by atoms with Crippen LogP contribution in [0.4, 0.5) is 5.82 Å². The minimum atomic E-state index is -1.04. The predicted octanol–water partition coefficient (Wildman–Crippen LogP) is 3.25. The summed E-state index contributed by atoms with van der Waals surface area (Å²) in [5.41, 5.74) is 1.30. The van der Waals surface area contributed by atoms with Crippen molar-refractivity contribution in [1.82, 2.24) is 14.9 Å². The van der Waals surface area contributed by atoms with Crippen LogP contribution in [0.3, 0.4) is 0 Å². The maximum absolute atomic E-state index is 13.2. The number of nitrogens with one attached hydrogen (secondary N) is 1. The highest BCUT2D eigenvalue weighted by Gasteiger charge is 2.43. The number of imidazole rings is 1. The molecule has 1 saturated carbocycles. The molecule has 2 heterocycles. The lowest BCUT2D eigenvalue weighted by atomic mass is 9.82. The number of hydrogen-bond donors (Lipinski definition) is 1. The van der Waals surface area contributed by atoms with Gasteiger partial charge in [0, 0.05) is 18.4 Å². The lowest BCUT2D eigenvalue weighted by Gasteiger charge is -2.29. The van der Waals surface area contributed by atoms with Crippen LogP contribution in [-0.2, 0) is 26.1 Å². The number of allylic oxidation sites excluding steroid dienone is 2. The number of carbonyl (C=O) groups excluding carboxylic acids is 2. The van der Waals surface area contributed by atoms with Crippen LogP contribution in [0.1, 0.15) is 64.0 Å². The molecule has 0 saturated heterocycles. The third-order valence-electron chi connectivity index (χ3n) is 6.28. The molecule has 1 N–H and O–H groups in total. The molecule has 174 valence electrons. The predicted molar refractivity (Wildman–Crippen MR) is 115 cm³/mol. The number of hydrogen-bond acceptors (Lipinski definition) is 8. The number of aromatic nitrogens is 2. The van der Waals surface area contributed by atoms with E-state index >= 15 is 0 Å². The highest BCUT2D eigenvalue weighted by molar-refractivity contribution is 6.00. The van der Waals surface area contributed by atoms with Gasteiger partial charge in [-0.05, 0) is 36.1 Å². The largest absolute Gasteiger partial charge is 0.466 e. The Morgan fingerprint density at radius 3 is 2.41 bits per heavy atom. The minimum Gasteiger partial charge on any atom is -0.466 e. The third-order valence-corrected chi connectivity index (χ3v) is 6.28. The fourth-order valence-corrected chi connectivity index (χ4v) is 4.69. The van der Waals surface area contributed by atoms with E-state index in [4.69, 9.17) is 9.47 Å². The molecule has 0 bridgehead atoms. The van der Waals surface area contributed by atoms with Crippen LogP contribution in [0.25, 0.3) is 0 Å². The van der Waals surface area contributed by atoms with E-state index in [1.807, 2.05) is 0 Å². The SMILES string of the molecule is COC(=O)C1=C(C)NC(C)=C(C(=O)OCCC2CCCCC2)C1c1c([N+](=O)[O-])ncn1C. The zero-order valence-corrected chi connectivity index (χ0v) is 19.0. The van der Waals surface area contributed by atoms with Gasteiger partial charge in [-0.15, -0.1) is 0 Å². The van der Waals surface area contributed by atoms with E-state index in [-0.39, 0.29) is 23.4 Å². The van der Waals surface area contributed by atoms with Gasteiger partial charge in [-0.2, -0.15) is 0 Å². The van der Waals surface area contributed by atoms with Gasteiger partial charge in [-0.25, -0.2) is 9.59 Å². The average Bonchev–Trinajstić information content (AvgIpc) is 3.14. The van der Waals surface area contributed by atoms with Crippen LogP contribution in [0, 0.1) is 16.0 Å². The third kappa shape index (κ3) is 4.68. The summed E-state index contributed by atoms with van der Waals surface area (Å²) in [7, 11) is 2.81. The second-order valence-electron chi connectivity index (χ2n) is 8.38. The van der Waals surface area contributed by atoms with Crippen molar-refractivity contribution in [2.45, 2.75) is 58.3 Å². The average molecular weight is 447 g/mol. The van der Waals surface area contributed by atoms with E-state index in [2.05, 4.69) is 10.3 Å². The summed E-state index contributed by atoms with van der Waals surface area (Å²) >= 11 is 0. The van der Waals surface area contributed by atoms with Gasteiger partial charge in [-0.1, -0.05) is 32.1 Å².